The number of carbonyl (C=O) groups excluding carboxylic acids is 1. The van der Waals surface area contributed by atoms with Crippen molar-refractivity contribution in [1.29, 1.82) is 0 Å². The molecule has 0 saturated carbocycles. The Morgan fingerprint density at radius 3 is 2.77 bits per heavy atom. The fraction of sp³-hybridized carbons (Fsp3) is 0.192. The van der Waals surface area contributed by atoms with Gasteiger partial charge in [-0.05, 0) is 36.4 Å². The SMILES string of the molecule is COc1cccc(NC(=O)CSc2nc3ccccc3c(=O)n2C[C@@H]2COc3ccccc3O2)c1. The van der Waals surface area contributed by atoms with Crippen LogP contribution in [0.4, 0.5) is 5.69 Å². The molecule has 5 rings (SSSR count). The molecule has 0 unspecified atom stereocenters. The van der Waals surface area contributed by atoms with Crippen molar-refractivity contribution in [3.8, 4) is 17.2 Å². The third kappa shape index (κ3) is 5.09. The number of aromatic nitrogens is 2. The number of benzene rings is 3. The number of hydrogen-bond donors (Lipinski definition) is 1. The summed E-state index contributed by atoms with van der Waals surface area (Å²) in [6.45, 7) is 0.543. The molecule has 35 heavy (non-hydrogen) atoms. The molecule has 1 atom stereocenters. The van der Waals surface area contributed by atoms with Crippen LogP contribution in [-0.4, -0.2) is 41.0 Å². The minimum Gasteiger partial charge on any atom is -0.497 e. The van der Waals surface area contributed by atoms with E-state index in [4.69, 9.17) is 14.2 Å². The monoisotopic (exact) mass is 489 g/mol. The number of anilines is 1. The highest BCUT2D eigenvalue weighted by molar-refractivity contribution is 7.99. The van der Waals surface area contributed by atoms with Gasteiger partial charge in [-0.1, -0.05) is 42.1 Å². The van der Waals surface area contributed by atoms with Gasteiger partial charge in [0.25, 0.3) is 5.56 Å². The molecule has 8 nitrogen and oxygen atoms in total. The van der Waals surface area contributed by atoms with Gasteiger partial charge < -0.3 is 19.5 Å². The number of carbonyl (C=O) groups is 1. The van der Waals surface area contributed by atoms with Crippen molar-refractivity contribution >= 4 is 34.3 Å². The molecule has 0 saturated heterocycles. The maximum absolute atomic E-state index is 13.4. The highest BCUT2D eigenvalue weighted by atomic mass is 32.2. The zero-order valence-corrected chi connectivity index (χ0v) is 19.8. The van der Waals surface area contributed by atoms with Crippen molar-refractivity contribution in [3.05, 3.63) is 83.2 Å². The Balaban J connectivity index is 1.37. The van der Waals surface area contributed by atoms with E-state index in [1.54, 1.807) is 54.1 Å². The van der Waals surface area contributed by atoms with Gasteiger partial charge in [-0.3, -0.25) is 14.2 Å². The smallest absolute Gasteiger partial charge is 0.262 e. The van der Waals surface area contributed by atoms with Crippen LogP contribution < -0.4 is 25.1 Å². The van der Waals surface area contributed by atoms with Crippen LogP contribution in [0.3, 0.4) is 0 Å². The van der Waals surface area contributed by atoms with Crippen molar-refractivity contribution in [1.82, 2.24) is 9.55 Å². The van der Waals surface area contributed by atoms with Gasteiger partial charge in [0.05, 0.1) is 30.3 Å². The lowest BCUT2D eigenvalue weighted by Crippen LogP contribution is -2.37. The molecule has 4 aromatic rings. The van der Waals surface area contributed by atoms with Crippen molar-refractivity contribution in [2.45, 2.75) is 17.8 Å². The molecule has 1 N–H and O–H groups in total. The summed E-state index contributed by atoms with van der Waals surface area (Å²) in [5.74, 6) is 1.82. The Morgan fingerprint density at radius 1 is 1.11 bits per heavy atom. The lowest BCUT2D eigenvalue weighted by Gasteiger charge is -2.27. The number of para-hydroxylation sites is 3. The topological polar surface area (TPSA) is 91.7 Å². The van der Waals surface area contributed by atoms with Gasteiger partial charge in [0.1, 0.15) is 12.4 Å². The third-order valence-corrected chi connectivity index (χ3v) is 6.44. The first-order chi connectivity index (χ1) is 17.1. The van der Waals surface area contributed by atoms with E-state index < -0.39 is 0 Å². The largest absolute Gasteiger partial charge is 0.497 e. The van der Waals surface area contributed by atoms with Gasteiger partial charge in [0, 0.05) is 11.8 Å². The minimum absolute atomic E-state index is 0.0762. The molecule has 1 aromatic heterocycles. The first kappa shape index (κ1) is 22.8. The molecule has 1 amide bonds. The number of nitrogens with one attached hydrogen (secondary N) is 1. The van der Waals surface area contributed by atoms with Crippen LogP contribution in [0.15, 0.2) is 82.7 Å². The number of methoxy groups -OCH3 is 1. The Bertz CT molecular complexity index is 1440. The molecular formula is C26H23N3O5S. The number of amides is 1. The van der Waals surface area contributed by atoms with Crippen molar-refractivity contribution in [3.63, 3.8) is 0 Å². The predicted molar refractivity (Wildman–Crippen MR) is 135 cm³/mol. The molecule has 3 aromatic carbocycles. The summed E-state index contributed by atoms with van der Waals surface area (Å²) in [7, 11) is 1.57. The zero-order valence-electron chi connectivity index (χ0n) is 19.0. The lowest BCUT2D eigenvalue weighted by atomic mass is 10.2. The fourth-order valence-electron chi connectivity index (χ4n) is 3.80. The Labute approximate surface area is 205 Å². The molecule has 0 radical (unpaired) electrons. The summed E-state index contributed by atoms with van der Waals surface area (Å²) in [4.78, 5) is 30.7. The Morgan fingerprint density at radius 2 is 1.91 bits per heavy atom. The molecule has 1 aliphatic heterocycles. The quantitative estimate of drug-likeness (QED) is 0.310. The number of ether oxygens (including phenoxy) is 3. The second-order valence-electron chi connectivity index (χ2n) is 7.89. The van der Waals surface area contributed by atoms with Crippen LogP contribution in [0.2, 0.25) is 0 Å². The summed E-state index contributed by atoms with van der Waals surface area (Å²) >= 11 is 1.20. The third-order valence-electron chi connectivity index (χ3n) is 5.47. The van der Waals surface area contributed by atoms with Gasteiger partial charge in [-0.15, -0.1) is 0 Å². The van der Waals surface area contributed by atoms with Gasteiger partial charge >= 0.3 is 0 Å². The van der Waals surface area contributed by atoms with E-state index >= 15 is 0 Å². The molecule has 0 spiro atoms. The van der Waals surface area contributed by atoms with E-state index in [-0.39, 0.29) is 29.9 Å². The first-order valence-electron chi connectivity index (χ1n) is 11.1. The van der Waals surface area contributed by atoms with Crippen LogP contribution in [0.25, 0.3) is 10.9 Å². The molecule has 0 aliphatic carbocycles. The van der Waals surface area contributed by atoms with Crippen LogP contribution in [0.1, 0.15) is 0 Å². The van der Waals surface area contributed by atoms with Crippen LogP contribution in [0, 0.1) is 0 Å². The second kappa shape index (κ2) is 10.1. The molecule has 178 valence electrons. The summed E-state index contributed by atoms with van der Waals surface area (Å²) in [5.41, 5.74) is 1.02. The van der Waals surface area contributed by atoms with Gasteiger partial charge in [0.15, 0.2) is 22.8 Å². The Hall–Kier alpha value is -3.98. The molecule has 0 fully saturated rings. The molecular weight excluding hydrogens is 466 g/mol. The van der Waals surface area contributed by atoms with Crippen LogP contribution in [0.5, 0.6) is 17.2 Å². The van der Waals surface area contributed by atoms with Gasteiger partial charge in [-0.25, -0.2) is 4.98 Å². The number of hydrogen-bond acceptors (Lipinski definition) is 7. The van der Waals surface area contributed by atoms with E-state index in [9.17, 15) is 9.59 Å². The first-order valence-corrected chi connectivity index (χ1v) is 12.0. The number of nitrogens with zero attached hydrogens (tertiary/aromatic N) is 2. The molecule has 9 heteroatoms. The highest BCUT2D eigenvalue weighted by Gasteiger charge is 2.24. The fourth-order valence-corrected chi connectivity index (χ4v) is 4.61. The van der Waals surface area contributed by atoms with E-state index in [1.807, 2.05) is 30.3 Å². The van der Waals surface area contributed by atoms with Crippen molar-refractivity contribution < 1.29 is 19.0 Å². The average molecular weight is 490 g/mol. The molecule has 2 heterocycles. The van der Waals surface area contributed by atoms with E-state index in [2.05, 4.69) is 10.3 Å². The minimum atomic E-state index is -0.379. The normalized spacial score (nSPS) is 14.5. The lowest BCUT2D eigenvalue weighted by molar-refractivity contribution is -0.113. The summed E-state index contributed by atoms with van der Waals surface area (Å²) < 4.78 is 18.7. The highest BCUT2D eigenvalue weighted by Crippen LogP contribution is 2.31. The summed E-state index contributed by atoms with van der Waals surface area (Å²) in [5, 5.41) is 3.80. The van der Waals surface area contributed by atoms with Gasteiger partial charge in [0.2, 0.25) is 5.91 Å². The van der Waals surface area contributed by atoms with E-state index in [0.29, 0.717) is 45.6 Å². The Kier molecular flexibility index (Phi) is 6.58. The van der Waals surface area contributed by atoms with Gasteiger partial charge in [-0.2, -0.15) is 0 Å². The molecule has 1 aliphatic rings. The standard InChI is InChI=1S/C26H23N3O5S/c1-32-18-8-6-7-17(13-18)27-24(30)16-35-26-28-21-10-3-2-9-20(21)25(31)29(26)14-19-15-33-22-11-4-5-12-23(22)34-19/h2-13,19H,14-16H2,1H3,(H,27,30)/t19-/m1/s1. The summed E-state index contributed by atoms with van der Waals surface area (Å²) in [6.07, 6.45) is -0.379. The number of fused-ring (bicyclic) bond motifs is 2. The van der Waals surface area contributed by atoms with Crippen molar-refractivity contribution in [2.24, 2.45) is 0 Å². The van der Waals surface area contributed by atoms with E-state index in [1.165, 1.54) is 11.8 Å². The number of thioether (sulfide) groups is 1. The average Bonchev–Trinajstić information content (AvgIpc) is 2.89. The van der Waals surface area contributed by atoms with Crippen molar-refractivity contribution in [2.75, 3.05) is 24.8 Å². The van der Waals surface area contributed by atoms with E-state index in [0.717, 1.165) is 0 Å². The van der Waals surface area contributed by atoms with Crippen LogP contribution in [-0.2, 0) is 11.3 Å². The maximum Gasteiger partial charge on any atom is 0.262 e. The summed E-state index contributed by atoms with van der Waals surface area (Å²) in [6, 6.07) is 21.7. The maximum atomic E-state index is 13.4. The molecule has 0 bridgehead atoms. The van der Waals surface area contributed by atoms with Crippen LogP contribution >= 0.6 is 11.8 Å². The second-order valence-corrected chi connectivity index (χ2v) is 8.84. The zero-order chi connectivity index (χ0) is 24.2. The predicted octanol–water partition coefficient (Wildman–Crippen LogP) is 3.98. The number of rotatable bonds is 7.